The van der Waals surface area contributed by atoms with Gasteiger partial charge in [-0.2, -0.15) is 0 Å². The van der Waals surface area contributed by atoms with Crippen LogP contribution in [0.15, 0.2) is 0 Å². The first-order valence-electron chi connectivity index (χ1n) is 15.7. The number of hydrogen-bond donors (Lipinski definition) is 8. The van der Waals surface area contributed by atoms with E-state index in [0.717, 1.165) is 19.6 Å². The molecule has 0 aliphatic rings. The molecule has 0 unspecified atom stereocenters. The molecular formula is C28H40N6O23. The molecule has 0 heterocycles. The number of carbonyl (C=O) groups excluding carboxylic acids is 4. The van der Waals surface area contributed by atoms with Crippen molar-refractivity contribution in [1.29, 1.82) is 0 Å². The number of nitrogens with zero attached hydrogens (tertiary/aromatic N) is 6. The molecule has 0 bridgehead atoms. The molecule has 0 aliphatic carbocycles. The van der Waals surface area contributed by atoms with Gasteiger partial charge in [-0.05, 0) is 0 Å². The van der Waals surface area contributed by atoms with Crippen LogP contribution >= 0.6 is 0 Å². The Kier molecular flexibility index (Phi) is 23.4. The average Bonchev–Trinajstić information content (AvgIpc) is 2.99. The van der Waals surface area contributed by atoms with E-state index in [0.29, 0.717) is 0 Å². The molecule has 0 aromatic carbocycles. The van der Waals surface area contributed by atoms with E-state index < -0.39 is 170 Å². The topological polar surface area (TPSA) is 414 Å². The van der Waals surface area contributed by atoms with E-state index in [1.807, 2.05) is 0 Å². The fourth-order valence-corrected chi connectivity index (χ4v) is 4.30. The largest absolute Gasteiger partial charge is 0.480 e. The molecule has 29 nitrogen and oxygen atoms in total. The van der Waals surface area contributed by atoms with Crippen molar-refractivity contribution < 1.29 is 113 Å². The minimum atomic E-state index is -1.63. The highest BCUT2D eigenvalue weighted by Gasteiger charge is 2.27. The number of esters is 2. The monoisotopic (exact) mass is 828 g/mol. The molecule has 0 saturated carbocycles. The Morgan fingerprint density at radius 1 is 0.281 bits per heavy atom. The van der Waals surface area contributed by atoms with Crippen molar-refractivity contribution in [3.63, 3.8) is 0 Å². The van der Waals surface area contributed by atoms with Gasteiger partial charge in [-0.25, -0.2) is 9.59 Å². The van der Waals surface area contributed by atoms with Gasteiger partial charge < -0.3 is 55.3 Å². The van der Waals surface area contributed by atoms with E-state index in [-0.39, 0.29) is 16.7 Å². The molecule has 8 N–H and O–H groups in total. The number of ether oxygens (including phenoxy) is 1. The third-order valence-electron chi connectivity index (χ3n) is 6.25. The molecule has 0 spiro atoms. The summed E-state index contributed by atoms with van der Waals surface area (Å²) in [6.07, 6.45) is 0. The molecule has 0 rings (SSSR count). The number of carboxylic acids is 8. The second-order valence-corrected chi connectivity index (χ2v) is 11.4. The molecule has 0 amide bonds. The van der Waals surface area contributed by atoms with Gasteiger partial charge in [0.1, 0.15) is 26.2 Å². The fraction of sp³-hybridized carbons (Fsp3) is 0.571. The summed E-state index contributed by atoms with van der Waals surface area (Å²) in [6.45, 7) is -13.7. The normalized spacial score (nSPS) is 11.1. The van der Waals surface area contributed by atoms with Crippen molar-refractivity contribution >= 4 is 71.6 Å². The minimum absolute atomic E-state index is 0.213. The van der Waals surface area contributed by atoms with Gasteiger partial charge >= 0.3 is 71.6 Å². The Morgan fingerprint density at radius 2 is 0.474 bits per heavy atom. The molecule has 0 fully saturated rings. The summed E-state index contributed by atoms with van der Waals surface area (Å²) in [5, 5.41) is 72.8. The highest BCUT2D eigenvalue weighted by molar-refractivity contribution is 5.88. The molecular weight excluding hydrogens is 788 g/mol. The van der Waals surface area contributed by atoms with Gasteiger partial charge in [0.2, 0.25) is 0 Å². The van der Waals surface area contributed by atoms with Gasteiger partial charge in [0.25, 0.3) is 0 Å². The summed E-state index contributed by atoms with van der Waals surface area (Å²) in [4.78, 5) is 153. The third kappa shape index (κ3) is 27.8. The van der Waals surface area contributed by atoms with Crippen molar-refractivity contribution in [2.75, 3.05) is 105 Å². The summed E-state index contributed by atoms with van der Waals surface area (Å²) >= 11 is 0. The summed E-state index contributed by atoms with van der Waals surface area (Å²) in [6, 6.07) is 0. The Morgan fingerprint density at radius 3 is 0.702 bits per heavy atom. The maximum Gasteiger partial charge on any atom is 0.339 e. The fourth-order valence-electron chi connectivity index (χ4n) is 4.30. The first kappa shape index (κ1) is 50.6. The van der Waals surface area contributed by atoms with Crippen molar-refractivity contribution in [2.24, 2.45) is 0 Å². The second-order valence-electron chi connectivity index (χ2n) is 11.4. The molecule has 320 valence electrons. The molecule has 0 saturated heterocycles. The zero-order valence-electron chi connectivity index (χ0n) is 29.7. The van der Waals surface area contributed by atoms with Crippen LogP contribution in [-0.4, -0.2) is 247 Å². The number of rotatable bonds is 32. The summed E-state index contributed by atoms with van der Waals surface area (Å²) in [7, 11) is 0. The van der Waals surface area contributed by atoms with Crippen LogP contribution in [0.25, 0.3) is 0 Å². The number of carbonyl (C=O) groups is 12. The summed E-state index contributed by atoms with van der Waals surface area (Å²) in [5.41, 5.74) is 0. The molecule has 0 atom stereocenters. The lowest BCUT2D eigenvalue weighted by atomic mass is 10.3. The Balaban J connectivity index is 6.08. The van der Waals surface area contributed by atoms with Crippen LogP contribution in [0.5, 0.6) is 0 Å². The Hall–Kier alpha value is -6.40. The number of aliphatic carboxylic acids is 8. The van der Waals surface area contributed by atoms with Crippen LogP contribution in [-0.2, 0) is 71.9 Å². The van der Waals surface area contributed by atoms with E-state index >= 15 is 0 Å². The molecule has 57 heavy (non-hydrogen) atoms. The first-order chi connectivity index (χ1) is 26.4. The van der Waals surface area contributed by atoms with Crippen LogP contribution in [0.1, 0.15) is 0 Å². The van der Waals surface area contributed by atoms with Gasteiger partial charge in [0, 0.05) is 26.2 Å². The first-order valence-corrected chi connectivity index (χ1v) is 15.7. The average molecular weight is 829 g/mol. The zero-order chi connectivity index (χ0) is 43.8. The minimum Gasteiger partial charge on any atom is -0.480 e. The van der Waals surface area contributed by atoms with Gasteiger partial charge in [0.05, 0.1) is 52.4 Å². The highest BCUT2D eigenvalue weighted by Crippen LogP contribution is 2.02. The predicted molar refractivity (Wildman–Crippen MR) is 173 cm³/mol. The number of hydrogen-bond acceptors (Lipinski definition) is 21. The van der Waals surface area contributed by atoms with Crippen LogP contribution < -0.4 is 0 Å². The van der Waals surface area contributed by atoms with E-state index in [9.17, 15) is 67.7 Å². The summed E-state index contributed by atoms with van der Waals surface area (Å²) in [5.74, 6) is -17.9. The standard InChI is InChI=1S/C28H40N6O23/c35-17(36)5-29(6-18(37)38)1-2-30(7-19(39)40)13-25(51)55-26(52)14-32(16-28(54)57-34(11-23(47)48)12-24(49)50)4-3-31(8-20(41)42)15-27(53)56-33(9-21(43)44)10-22(45)46/h1-16H2,(H,35,36)(H,37,38)(H,39,40)(H,41,42)(H,43,44)(H,45,46)(H,47,48)(H,49,50). The summed E-state index contributed by atoms with van der Waals surface area (Å²) < 4.78 is 4.68. The Labute approximate surface area is 319 Å². The highest BCUT2D eigenvalue weighted by atomic mass is 16.7. The molecule has 29 heteroatoms. The number of hydroxylamine groups is 4. The van der Waals surface area contributed by atoms with Crippen LogP contribution in [0.4, 0.5) is 0 Å². The van der Waals surface area contributed by atoms with Crippen molar-refractivity contribution in [3.05, 3.63) is 0 Å². The SMILES string of the molecule is O=C(O)CN(CCN(CC(=O)O)CC(=O)OC(=O)CN(CCN(CC(=O)O)CC(=O)ON(CC(=O)O)CC(=O)O)CC(=O)ON(CC(=O)O)CC(=O)O)CC(=O)O. The van der Waals surface area contributed by atoms with Crippen LogP contribution in [0, 0.1) is 0 Å². The lowest BCUT2D eigenvalue weighted by Crippen LogP contribution is -2.47. The smallest absolute Gasteiger partial charge is 0.339 e. The zero-order valence-corrected chi connectivity index (χ0v) is 29.7. The Bertz CT molecular complexity index is 1460. The molecule has 0 aromatic heterocycles. The van der Waals surface area contributed by atoms with Crippen LogP contribution in [0.3, 0.4) is 0 Å². The molecule has 0 aromatic rings. The quantitative estimate of drug-likeness (QED) is 0.0177. The van der Waals surface area contributed by atoms with Crippen molar-refractivity contribution in [2.45, 2.75) is 0 Å². The predicted octanol–water partition coefficient (Wildman–Crippen LogP) is -6.54. The van der Waals surface area contributed by atoms with E-state index in [1.165, 1.54) is 0 Å². The van der Waals surface area contributed by atoms with E-state index in [2.05, 4.69) is 4.74 Å². The third-order valence-corrected chi connectivity index (χ3v) is 6.25. The van der Waals surface area contributed by atoms with E-state index in [1.54, 1.807) is 0 Å². The van der Waals surface area contributed by atoms with Gasteiger partial charge in [-0.15, -0.1) is 10.1 Å². The van der Waals surface area contributed by atoms with Crippen molar-refractivity contribution in [3.8, 4) is 0 Å². The number of carboxylic acid groups (broad SMARTS) is 8. The van der Waals surface area contributed by atoms with Gasteiger partial charge in [-0.3, -0.25) is 67.5 Å². The second kappa shape index (κ2) is 26.4. The van der Waals surface area contributed by atoms with Gasteiger partial charge in [0.15, 0.2) is 0 Å². The van der Waals surface area contributed by atoms with Crippen molar-refractivity contribution in [1.82, 2.24) is 29.7 Å². The molecule has 0 radical (unpaired) electrons. The molecule has 0 aliphatic heterocycles. The lowest BCUT2D eigenvalue weighted by molar-refractivity contribution is -0.200. The van der Waals surface area contributed by atoms with Gasteiger partial charge in [-0.1, -0.05) is 0 Å². The van der Waals surface area contributed by atoms with Crippen LogP contribution in [0.2, 0.25) is 0 Å². The maximum absolute atomic E-state index is 12.8. The lowest BCUT2D eigenvalue weighted by Gasteiger charge is -2.26. The van der Waals surface area contributed by atoms with E-state index in [4.69, 9.17) is 40.3 Å². The maximum atomic E-state index is 12.8.